The van der Waals surface area contributed by atoms with Crippen molar-refractivity contribution in [1.29, 1.82) is 0 Å². The predicted molar refractivity (Wildman–Crippen MR) is 83.4 cm³/mol. The lowest BCUT2D eigenvalue weighted by Crippen LogP contribution is -3.08. The molecule has 1 unspecified atom stereocenters. The van der Waals surface area contributed by atoms with Crippen molar-refractivity contribution in [3.8, 4) is 5.75 Å². The third kappa shape index (κ3) is 4.73. The van der Waals surface area contributed by atoms with Crippen molar-refractivity contribution in [1.82, 2.24) is 0 Å². The van der Waals surface area contributed by atoms with Crippen molar-refractivity contribution in [2.24, 2.45) is 0 Å². The van der Waals surface area contributed by atoms with Gasteiger partial charge in [0, 0.05) is 17.3 Å². The second-order valence-corrected chi connectivity index (χ2v) is 5.46. The monoisotopic (exact) mass is 339 g/mol. The third-order valence-electron chi connectivity index (χ3n) is 3.39. The molecule has 128 valence electrons. The maximum Gasteiger partial charge on any atom is 0.279 e. The Kier molecular flexibility index (Phi) is 5.81. The van der Waals surface area contributed by atoms with Gasteiger partial charge in [0.1, 0.15) is 6.54 Å². The summed E-state index contributed by atoms with van der Waals surface area (Å²) in [6.07, 6.45) is 0. The fraction of sp³-hybridized carbons (Fsp3) is 0.235. The molecule has 2 N–H and O–H groups in total. The van der Waals surface area contributed by atoms with E-state index in [0.717, 1.165) is 17.0 Å². The number of anilines is 1. The van der Waals surface area contributed by atoms with Gasteiger partial charge in [0.25, 0.3) is 5.91 Å². The van der Waals surface area contributed by atoms with E-state index in [1.165, 1.54) is 25.3 Å². The van der Waals surface area contributed by atoms with Crippen molar-refractivity contribution in [3.63, 3.8) is 0 Å². The van der Waals surface area contributed by atoms with Crippen molar-refractivity contribution in [2.45, 2.75) is 6.54 Å². The molecule has 2 aromatic rings. The van der Waals surface area contributed by atoms with Crippen LogP contribution in [-0.2, 0) is 11.3 Å². The molecule has 4 nitrogen and oxygen atoms in total. The molecule has 0 radical (unpaired) electrons. The Balaban J connectivity index is 1.91. The standard InChI is InChI=1S/C17H17F3N2O2/c1-22(9-11-3-6-16(24-2)15(20)7-11)10-17(23)21-12-4-5-13(18)14(19)8-12/h3-8H,9-10H2,1-2H3,(H,21,23)/p+1. The Morgan fingerprint density at radius 2 is 1.83 bits per heavy atom. The molecule has 1 atom stereocenters. The number of amides is 1. The zero-order chi connectivity index (χ0) is 17.7. The first-order valence-electron chi connectivity index (χ1n) is 7.27. The Labute approximate surface area is 137 Å². The molecule has 0 bridgehead atoms. The van der Waals surface area contributed by atoms with Crippen LogP contribution in [-0.4, -0.2) is 26.6 Å². The van der Waals surface area contributed by atoms with Gasteiger partial charge in [-0.25, -0.2) is 13.2 Å². The fourth-order valence-corrected chi connectivity index (χ4v) is 2.28. The van der Waals surface area contributed by atoms with Crippen LogP contribution in [0.4, 0.5) is 18.9 Å². The molecule has 0 aliphatic carbocycles. The van der Waals surface area contributed by atoms with Gasteiger partial charge in [0.2, 0.25) is 0 Å². The smallest absolute Gasteiger partial charge is 0.279 e. The number of likely N-dealkylation sites (N-methyl/N-ethyl adjacent to an activating group) is 1. The summed E-state index contributed by atoms with van der Waals surface area (Å²) in [4.78, 5) is 12.7. The minimum atomic E-state index is -1.03. The molecule has 2 rings (SSSR count). The number of benzene rings is 2. The van der Waals surface area contributed by atoms with Gasteiger partial charge in [-0.1, -0.05) is 0 Å². The van der Waals surface area contributed by atoms with Crippen molar-refractivity contribution >= 4 is 11.6 Å². The van der Waals surface area contributed by atoms with E-state index in [1.807, 2.05) is 0 Å². The van der Waals surface area contributed by atoms with Crippen LogP contribution in [0.5, 0.6) is 5.75 Å². The summed E-state index contributed by atoms with van der Waals surface area (Å²) in [6.45, 7) is 0.513. The van der Waals surface area contributed by atoms with Crippen molar-refractivity contribution < 1.29 is 27.6 Å². The molecular formula is C17H18F3N2O2+. The zero-order valence-electron chi connectivity index (χ0n) is 13.3. The van der Waals surface area contributed by atoms with Crippen LogP contribution in [0.15, 0.2) is 36.4 Å². The summed E-state index contributed by atoms with van der Waals surface area (Å²) >= 11 is 0. The highest BCUT2D eigenvalue weighted by Gasteiger charge is 2.13. The summed E-state index contributed by atoms with van der Waals surface area (Å²) in [6, 6.07) is 7.75. The molecule has 7 heteroatoms. The predicted octanol–water partition coefficient (Wildman–Crippen LogP) is 1.77. The number of carbonyl (C=O) groups excluding carboxylic acids is 1. The average molecular weight is 339 g/mol. The SMILES string of the molecule is COc1ccc(C[NH+](C)CC(=O)Nc2ccc(F)c(F)c2)cc1F. The van der Waals surface area contributed by atoms with E-state index in [-0.39, 0.29) is 23.9 Å². The largest absolute Gasteiger partial charge is 0.494 e. The van der Waals surface area contributed by atoms with Gasteiger partial charge >= 0.3 is 0 Å². The summed E-state index contributed by atoms with van der Waals surface area (Å²) in [5, 5.41) is 2.50. The number of hydrogen-bond donors (Lipinski definition) is 2. The number of ether oxygens (including phenoxy) is 1. The van der Waals surface area contributed by atoms with E-state index < -0.39 is 17.5 Å². The van der Waals surface area contributed by atoms with E-state index in [2.05, 4.69) is 5.32 Å². The number of hydrogen-bond acceptors (Lipinski definition) is 2. The Bertz CT molecular complexity index is 738. The summed E-state index contributed by atoms with van der Waals surface area (Å²) in [5.74, 6) is -2.66. The molecule has 0 saturated carbocycles. The molecule has 2 aromatic carbocycles. The first-order chi connectivity index (χ1) is 11.4. The highest BCUT2D eigenvalue weighted by atomic mass is 19.2. The van der Waals surface area contributed by atoms with E-state index in [1.54, 1.807) is 13.1 Å². The molecule has 1 amide bonds. The number of quaternary nitrogens is 1. The molecule has 0 aliphatic rings. The van der Waals surface area contributed by atoms with Crippen LogP contribution in [0.3, 0.4) is 0 Å². The van der Waals surface area contributed by atoms with Crippen molar-refractivity contribution in [3.05, 3.63) is 59.4 Å². The average Bonchev–Trinajstić information content (AvgIpc) is 2.51. The second-order valence-electron chi connectivity index (χ2n) is 5.46. The van der Waals surface area contributed by atoms with Gasteiger partial charge in [-0.15, -0.1) is 0 Å². The van der Waals surface area contributed by atoms with E-state index >= 15 is 0 Å². The normalized spacial score (nSPS) is 11.9. The molecule has 0 heterocycles. The molecule has 0 saturated heterocycles. The summed E-state index contributed by atoms with van der Waals surface area (Å²) < 4.78 is 44.4. The van der Waals surface area contributed by atoms with Gasteiger partial charge in [-0.3, -0.25) is 4.79 Å². The number of carbonyl (C=O) groups is 1. The quantitative estimate of drug-likeness (QED) is 0.842. The molecule has 24 heavy (non-hydrogen) atoms. The molecule has 0 aliphatic heterocycles. The Hall–Kier alpha value is -2.54. The first kappa shape index (κ1) is 17.8. The van der Waals surface area contributed by atoms with Crippen LogP contribution in [0, 0.1) is 17.5 Å². The van der Waals surface area contributed by atoms with E-state index in [0.29, 0.717) is 12.1 Å². The van der Waals surface area contributed by atoms with Crippen LogP contribution in [0.25, 0.3) is 0 Å². The molecule has 0 spiro atoms. The number of methoxy groups -OCH3 is 1. The van der Waals surface area contributed by atoms with Crippen LogP contribution in [0.1, 0.15) is 5.56 Å². The van der Waals surface area contributed by atoms with Gasteiger partial charge in [-0.2, -0.15) is 0 Å². The van der Waals surface area contributed by atoms with Crippen molar-refractivity contribution in [2.75, 3.05) is 26.0 Å². The van der Waals surface area contributed by atoms with Gasteiger partial charge in [0.15, 0.2) is 29.7 Å². The van der Waals surface area contributed by atoms with Gasteiger partial charge in [-0.05, 0) is 30.3 Å². The van der Waals surface area contributed by atoms with Crippen LogP contribution < -0.4 is 15.0 Å². The van der Waals surface area contributed by atoms with Gasteiger partial charge < -0.3 is 15.0 Å². The topological polar surface area (TPSA) is 42.8 Å². The lowest BCUT2D eigenvalue weighted by atomic mass is 10.2. The maximum absolute atomic E-state index is 13.6. The van der Waals surface area contributed by atoms with Gasteiger partial charge in [0.05, 0.1) is 14.2 Å². The Morgan fingerprint density at radius 1 is 1.08 bits per heavy atom. The highest BCUT2D eigenvalue weighted by Crippen LogP contribution is 2.17. The molecule has 0 fully saturated rings. The minimum Gasteiger partial charge on any atom is -0.494 e. The lowest BCUT2D eigenvalue weighted by molar-refractivity contribution is -0.885. The summed E-state index contributed by atoms with van der Waals surface area (Å²) in [5.41, 5.74) is 0.897. The highest BCUT2D eigenvalue weighted by molar-refractivity contribution is 5.91. The number of rotatable bonds is 6. The zero-order valence-corrected chi connectivity index (χ0v) is 13.3. The maximum atomic E-state index is 13.6. The van der Waals surface area contributed by atoms with E-state index in [9.17, 15) is 18.0 Å². The van der Waals surface area contributed by atoms with Crippen LogP contribution >= 0.6 is 0 Å². The Morgan fingerprint density at radius 3 is 2.46 bits per heavy atom. The lowest BCUT2D eigenvalue weighted by Gasteiger charge is -2.14. The third-order valence-corrected chi connectivity index (χ3v) is 3.39. The first-order valence-corrected chi connectivity index (χ1v) is 7.27. The minimum absolute atomic E-state index is 0.0899. The fourth-order valence-electron chi connectivity index (χ4n) is 2.28. The number of nitrogens with one attached hydrogen (secondary N) is 2. The summed E-state index contributed by atoms with van der Waals surface area (Å²) in [7, 11) is 3.16. The van der Waals surface area contributed by atoms with E-state index in [4.69, 9.17) is 4.74 Å². The second kappa shape index (κ2) is 7.83. The molecule has 0 aromatic heterocycles. The molecular weight excluding hydrogens is 321 g/mol. The van der Waals surface area contributed by atoms with Crippen LogP contribution in [0.2, 0.25) is 0 Å². The number of halogens is 3.